The van der Waals surface area contributed by atoms with E-state index in [2.05, 4.69) is 27.7 Å². The third kappa shape index (κ3) is 4.53. The van der Waals surface area contributed by atoms with Crippen LogP contribution in [-0.2, 0) is 9.59 Å². The molecular formula is C23H28N4O2. The molecule has 0 bridgehead atoms. The third-order valence-corrected chi connectivity index (χ3v) is 5.72. The van der Waals surface area contributed by atoms with Gasteiger partial charge in [0.25, 0.3) is 0 Å². The fourth-order valence-corrected chi connectivity index (χ4v) is 3.82. The zero-order valence-electron chi connectivity index (χ0n) is 17.0. The van der Waals surface area contributed by atoms with Gasteiger partial charge in [0.15, 0.2) is 0 Å². The molecule has 2 N–H and O–H groups in total. The minimum atomic E-state index is -0.257. The quantitative estimate of drug-likeness (QED) is 0.789. The van der Waals surface area contributed by atoms with E-state index in [4.69, 9.17) is 0 Å². The second kappa shape index (κ2) is 8.15. The maximum absolute atomic E-state index is 12.5. The summed E-state index contributed by atoms with van der Waals surface area (Å²) in [5, 5.41) is 5.86. The first-order valence-electron chi connectivity index (χ1n) is 10.3. The van der Waals surface area contributed by atoms with Crippen LogP contribution in [-0.4, -0.2) is 39.0 Å². The van der Waals surface area contributed by atoms with E-state index in [9.17, 15) is 9.59 Å². The summed E-state index contributed by atoms with van der Waals surface area (Å²) < 4.78 is 0. The molecule has 152 valence electrons. The number of carbonyl (C=O) groups is 2. The molecular weight excluding hydrogens is 364 g/mol. The Balaban J connectivity index is 1.28. The Morgan fingerprint density at radius 3 is 1.79 bits per heavy atom. The van der Waals surface area contributed by atoms with Crippen LogP contribution in [0.15, 0.2) is 48.5 Å². The van der Waals surface area contributed by atoms with Gasteiger partial charge in [0.1, 0.15) is 0 Å². The maximum Gasteiger partial charge on any atom is 0.228 e. The van der Waals surface area contributed by atoms with Gasteiger partial charge in [0.05, 0.1) is 11.8 Å². The van der Waals surface area contributed by atoms with E-state index < -0.39 is 0 Å². The standard InChI is InChI=1S/C23H28N4O2/c1-26(2)18-9-5-16(6-10-18)24-22(28)20-15-21(20)23(29)25-17-7-11-19(12-8-17)27-13-3-4-14-27/h5-12,20-21H,3-4,13-15H2,1-2H3,(H,24,28)(H,25,29). The number of anilines is 4. The molecule has 4 rings (SSSR count). The Hall–Kier alpha value is -3.02. The summed E-state index contributed by atoms with van der Waals surface area (Å²) in [6.45, 7) is 2.20. The number of benzene rings is 2. The molecule has 2 atom stereocenters. The first-order valence-corrected chi connectivity index (χ1v) is 10.3. The lowest BCUT2D eigenvalue weighted by Crippen LogP contribution is -2.21. The average Bonchev–Trinajstić information content (AvgIpc) is 3.35. The van der Waals surface area contributed by atoms with Crippen molar-refractivity contribution in [2.24, 2.45) is 11.8 Å². The van der Waals surface area contributed by atoms with Crippen molar-refractivity contribution in [3.05, 3.63) is 48.5 Å². The van der Waals surface area contributed by atoms with Gasteiger partial charge in [-0.1, -0.05) is 0 Å². The van der Waals surface area contributed by atoms with Crippen molar-refractivity contribution < 1.29 is 9.59 Å². The summed E-state index contributed by atoms with van der Waals surface area (Å²) in [6, 6.07) is 15.7. The minimum Gasteiger partial charge on any atom is -0.378 e. The molecule has 2 aromatic carbocycles. The van der Waals surface area contributed by atoms with Crippen molar-refractivity contribution in [1.82, 2.24) is 0 Å². The predicted molar refractivity (Wildman–Crippen MR) is 118 cm³/mol. The van der Waals surface area contributed by atoms with Gasteiger partial charge in [-0.15, -0.1) is 0 Å². The number of hydrogen-bond donors (Lipinski definition) is 2. The summed E-state index contributed by atoms with van der Waals surface area (Å²) >= 11 is 0. The molecule has 2 unspecified atom stereocenters. The lowest BCUT2D eigenvalue weighted by molar-refractivity contribution is -0.122. The van der Waals surface area contributed by atoms with Gasteiger partial charge in [-0.3, -0.25) is 9.59 Å². The normalized spacial score (nSPS) is 20.3. The largest absolute Gasteiger partial charge is 0.378 e. The molecule has 2 amide bonds. The SMILES string of the molecule is CN(C)c1ccc(NC(=O)C2CC2C(=O)Nc2ccc(N3CCCC3)cc2)cc1. The molecule has 2 aliphatic rings. The monoisotopic (exact) mass is 392 g/mol. The molecule has 1 aliphatic carbocycles. The van der Waals surface area contributed by atoms with Crippen LogP contribution in [0.2, 0.25) is 0 Å². The summed E-state index contributed by atoms with van der Waals surface area (Å²) in [6.07, 6.45) is 3.08. The first kappa shape index (κ1) is 19.3. The Kier molecular flexibility index (Phi) is 5.43. The number of nitrogens with one attached hydrogen (secondary N) is 2. The van der Waals surface area contributed by atoms with Gasteiger partial charge in [-0.25, -0.2) is 0 Å². The molecule has 1 saturated carbocycles. The van der Waals surface area contributed by atoms with Gasteiger partial charge < -0.3 is 20.4 Å². The fourth-order valence-electron chi connectivity index (χ4n) is 3.82. The molecule has 0 radical (unpaired) electrons. The van der Waals surface area contributed by atoms with Crippen LogP contribution in [0.4, 0.5) is 22.7 Å². The zero-order valence-corrected chi connectivity index (χ0v) is 17.0. The highest BCUT2D eigenvalue weighted by Gasteiger charge is 2.48. The molecule has 2 aromatic rings. The van der Waals surface area contributed by atoms with Gasteiger partial charge in [0, 0.05) is 49.9 Å². The number of amides is 2. The van der Waals surface area contributed by atoms with Crippen molar-refractivity contribution in [3.8, 4) is 0 Å². The summed E-state index contributed by atoms with van der Waals surface area (Å²) in [5.41, 5.74) is 3.80. The molecule has 6 nitrogen and oxygen atoms in total. The third-order valence-electron chi connectivity index (χ3n) is 5.72. The highest BCUT2D eigenvalue weighted by Crippen LogP contribution is 2.40. The summed E-state index contributed by atoms with van der Waals surface area (Å²) in [4.78, 5) is 29.3. The van der Waals surface area contributed by atoms with Crippen LogP contribution in [0.25, 0.3) is 0 Å². The molecule has 1 heterocycles. The highest BCUT2D eigenvalue weighted by atomic mass is 16.2. The summed E-state index contributed by atoms with van der Waals surface area (Å²) in [7, 11) is 3.95. The van der Waals surface area contributed by atoms with Gasteiger partial charge >= 0.3 is 0 Å². The van der Waals surface area contributed by atoms with E-state index in [0.29, 0.717) is 6.42 Å². The fraction of sp³-hybridized carbons (Fsp3) is 0.391. The molecule has 1 aliphatic heterocycles. The number of carbonyl (C=O) groups excluding carboxylic acids is 2. The maximum atomic E-state index is 12.5. The predicted octanol–water partition coefficient (Wildman–Crippen LogP) is 3.57. The van der Waals surface area contributed by atoms with E-state index in [1.807, 2.05) is 55.4 Å². The Morgan fingerprint density at radius 1 is 0.828 bits per heavy atom. The molecule has 6 heteroatoms. The second-order valence-corrected chi connectivity index (χ2v) is 8.11. The number of hydrogen-bond acceptors (Lipinski definition) is 4. The van der Waals surface area contributed by atoms with Crippen molar-refractivity contribution in [1.29, 1.82) is 0 Å². The molecule has 1 saturated heterocycles. The van der Waals surface area contributed by atoms with Crippen LogP contribution < -0.4 is 20.4 Å². The summed E-state index contributed by atoms with van der Waals surface area (Å²) in [5.74, 6) is -0.684. The lowest BCUT2D eigenvalue weighted by Gasteiger charge is -2.17. The van der Waals surface area contributed by atoms with Crippen molar-refractivity contribution in [3.63, 3.8) is 0 Å². The van der Waals surface area contributed by atoms with Crippen LogP contribution in [0.1, 0.15) is 19.3 Å². The Bertz CT molecular complexity index is 871. The Morgan fingerprint density at radius 2 is 1.31 bits per heavy atom. The molecule has 0 spiro atoms. The van der Waals surface area contributed by atoms with Crippen molar-refractivity contribution in [2.75, 3.05) is 47.6 Å². The second-order valence-electron chi connectivity index (χ2n) is 8.11. The topological polar surface area (TPSA) is 64.7 Å². The zero-order chi connectivity index (χ0) is 20.4. The van der Waals surface area contributed by atoms with E-state index in [1.54, 1.807) is 0 Å². The Labute approximate surface area is 171 Å². The van der Waals surface area contributed by atoms with E-state index in [1.165, 1.54) is 18.5 Å². The van der Waals surface area contributed by atoms with Crippen molar-refractivity contribution >= 4 is 34.6 Å². The molecule has 0 aromatic heterocycles. The lowest BCUT2D eigenvalue weighted by atomic mass is 10.2. The first-order chi connectivity index (χ1) is 14.0. The van der Waals surface area contributed by atoms with Gasteiger partial charge in [0.2, 0.25) is 11.8 Å². The van der Waals surface area contributed by atoms with E-state index in [-0.39, 0.29) is 23.7 Å². The smallest absolute Gasteiger partial charge is 0.228 e. The van der Waals surface area contributed by atoms with Crippen LogP contribution in [0.5, 0.6) is 0 Å². The average molecular weight is 393 g/mol. The molecule has 29 heavy (non-hydrogen) atoms. The highest BCUT2D eigenvalue weighted by molar-refractivity contribution is 6.03. The molecule has 2 fully saturated rings. The minimum absolute atomic E-state index is 0.0815. The van der Waals surface area contributed by atoms with Crippen molar-refractivity contribution in [2.45, 2.75) is 19.3 Å². The van der Waals surface area contributed by atoms with E-state index in [0.717, 1.165) is 30.2 Å². The van der Waals surface area contributed by atoms with Gasteiger partial charge in [-0.2, -0.15) is 0 Å². The number of rotatable bonds is 6. The van der Waals surface area contributed by atoms with E-state index >= 15 is 0 Å². The van der Waals surface area contributed by atoms with Crippen LogP contribution in [0, 0.1) is 11.8 Å². The van der Waals surface area contributed by atoms with Crippen LogP contribution in [0.3, 0.4) is 0 Å². The number of nitrogens with zero attached hydrogens (tertiary/aromatic N) is 2. The van der Waals surface area contributed by atoms with Gasteiger partial charge in [-0.05, 0) is 67.8 Å². The van der Waals surface area contributed by atoms with Crippen LogP contribution >= 0.6 is 0 Å².